The van der Waals surface area contributed by atoms with Crippen LogP contribution in [0.25, 0.3) is 0 Å². The molecule has 4 N–H and O–H groups in total. The van der Waals surface area contributed by atoms with Gasteiger partial charge in [0.25, 0.3) is 0 Å². The molecule has 1 rings (SSSR count). The highest BCUT2D eigenvalue weighted by Gasteiger charge is 2.33. The van der Waals surface area contributed by atoms with Gasteiger partial charge < -0.3 is 21.1 Å². The fourth-order valence-electron chi connectivity index (χ4n) is 1.67. The van der Waals surface area contributed by atoms with E-state index in [1.165, 1.54) is 4.90 Å². The van der Waals surface area contributed by atoms with Crippen LogP contribution in [-0.4, -0.2) is 47.7 Å². The molecule has 0 unspecified atom stereocenters. The van der Waals surface area contributed by atoms with Gasteiger partial charge in [-0.3, -0.25) is 0 Å². The minimum Gasteiger partial charge on any atom is -0.480 e. The number of carbonyl (C=O) groups excluding carboxylic acids is 1. The molecule has 0 aromatic rings. The van der Waals surface area contributed by atoms with Crippen molar-refractivity contribution in [2.45, 2.75) is 25.3 Å². The van der Waals surface area contributed by atoms with E-state index in [0.29, 0.717) is 32.5 Å². The van der Waals surface area contributed by atoms with Crippen molar-refractivity contribution in [3.05, 3.63) is 0 Å². The number of nitrogens with one attached hydrogen (secondary N) is 1. The third-order valence-electron chi connectivity index (χ3n) is 2.46. The Morgan fingerprint density at radius 3 is 2.87 bits per heavy atom. The smallest absolute Gasteiger partial charge is 0.326 e. The van der Waals surface area contributed by atoms with Crippen molar-refractivity contribution in [1.82, 2.24) is 10.2 Å². The van der Waals surface area contributed by atoms with E-state index in [1.807, 2.05) is 0 Å². The van der Waals surface area contributed by atoms with E-state index in [2.05, 4.69) is 5.32 Å². The van der Waals surface area contributed by atoms with E-state index in [4.69, 9.17) is 10.8 Å². The van der Waals surface area contributed by atoms with E-state index in [0.717, 1.165) is 6.42 Å². The lowest BCUT2D eigenvalue weighted by Crippen LogP contribution is -2.46. The van der Waals surface area contributed by atoms with Crippen LogP contribution < -0.4 is 11.1 Å². The number of carboxylic acid groups (broad SMARTS) is 1. The van der Waals surface area contributed by atoms with Crippen molar-refractivity contribution in [3.63, 3.8) is 0 Å². The van der Waals surface area contributed by atoms with Crippen molar-refractivity contribution in [2.75, 3.05) is 19.6 Å². The summed E-state index contributed by atoms with van der Waals surface area (Å²) in [6.07, 6.45) is 2.00. The Morgan fingerprint density at radius 1 is 1.53 bits per heavy atom. The molecular weight excluding hydrogens is 198 g/mol. The number of rotatable bonds is 4. The molecule has 15 heavy (non-hydrogen) atoms. The summed E-state index contributed by atoms with van der Waals surface area (Å²) in [5.41, 5.74) is 5.28. The van der Waals surface area contributed by atoms with Crippen LogP contribution in [0.2, 0.25) is 0 Å². The molecule has 0 aromatic carbocycles. The maximum atomic E-state index is 11.5. The number of amides is 2. The number of carboxylic acids is 1. The average molecular weight is 215 g/mol. The van der Waals surface area contributed by atoms with Gasteiger partial charge >= 0.3 is 12.0 Å². The predicted octanol–water partition coefficient (Wildman–Crippen LogP) is -0.406. The number of nitrogens with zero attached hydrogens (tertiary/aromatic N) is 1. The molecule has 86 valence electrons. The van der Waals surface area contributed by atoms with E-state index < -0.39 is 12.0 Å². The van der Waals surface area contributed by atoms with Gasteiger partial charge in [0.2, 0.25) is 0 Å². The van der Waals surface area contributed by atoms with Crippen molar-refractivity contribution in [2.24, 2.45) is 5.73 Å². The number of hydrogen-bond donors (Lipinski definition) is 3. The van der Waals surface area contributed by atoms with Crippen LogP contribution in [0.4, 0.5) is 4.79 Å². The van der Waals surface area contributed by atoms with Crippen LogP contribution in [0.15, 0.2) is 0 Å². The molecule has 1 heterocycles. The molecule has 1 fully saturated rings. The molecule has 0 radical (unpaired) electrons. The molecule has 6 nitrogen and oxygen atoms in total. The molecule has 2 amide bonds. The maximum Gasteiger partial charge on any atom is 0.326 e. The number of carbonyl (C=O) groups is 2. The van der Waals surface area contributed by atoms with Crippen molar-refractivity contribution in [1.29, 1.82) is 0 Å². The van der Waals surface area contributed by atoms with Crippen LogP contribution in [-0.2, 0) is 4.79 Å². The normalized spacial score (nSPS) is 20.3. The summed E-state index contributed by atoms with van der Waals surface area (Å²) in [5, 5.41) is 11.5. The van der Waals surface area contributed by atoms with E-state index in [9.17, 15) is 9.59 Å². The lowest BCUT2D eigenvalue weighted by atomic mass is 10.2. The lowest BCUT2D eigenvalue weighted by molar-refractivity contribution is -0.141. The molecule has 0 aliphatic carbocycles. The second-order valence-electron chi connectivity index (χ2n) is 3.56. The van der Waals surface area contributed by atoms with E-state index >= 15 is 0 Å². The van der Waals surface area contributed by atoms with Crippen LogP contribution in [0.5, 0.6) is 0 Å². The van der Waals surface area contributed by atoms with Gasteiger partial charge in [-0.05, 0) is 25.8 Å². The zero-order valence-corrected chi connectivity index (χ0v) is 8.61. The lowest BCUT2D eigenvalue weighted by Gasteiger charge is -2.21. The maximum absolute atomic E-state index is 11.5. The quantitative estimate of drug-likeness (QED) is 0.556. The first-order valence-electron chi connectivity index (χ1n) is 5.14. The SMILES string of the molecule is NCCCNC(=O)N1CCC[C@@H]1C(=O)O. The Hall–Kier alpha value is -1.30. The first-order valence-corrected chi connectivity index (χ1v) is 5.14. The molecule has 0 bridgehead atoms. The molecule has 1 aliphatic rings. The largest absolute Gasteiger partial charge is 0.480 e. The molecule has 1 aliphatic heterocycles. The van der Waals surface area contributed by atoms with Gasteiger partial charge in [-0.25, -0.2) is 9.59 Å². The molecular formula is C9H17N3O3. The minimum absolute atomic E-state index is 0.298. The molecule has 1 atom stereocenters. The predicted molar refractivity (Wildman–Crippen MR) is 54.4 cm³/mol. The first-order chi connectivity index (χ1) is 7.16. The number of urea groups is 1. The van der Waals surface area contributed by atoms with Gasteiger partial charge in [-0.1, -0.05) is 0 Å². The minimum atomic E-state index is -0.929. The monoisotopic (exact) mass is 215 g/mol. The van der Waals surface area contributed by atoms with Gasteiger partial charge in [0.05, 0.1) is 0 Å². The summed E-state index contributed by atoms with van der Waals surface area (Å²) in [5.74, 6) is -0.929. The summed E-state index contributed by atoms with van der Waals surface area (Å²) in [6.45, 7) is 1.53. The second kappa shape index (κ2) is 5.55. The Bertz CT molecular complexity index is 245. The van der Waals surface area contributed by atoms with Crippen molar-refractivity contribution in [3.8, 4) is 0 Å². The summed E-state index contributed by atoms with van der Waals surface area (Å²) in [7, 11) is 0. The van der Waals surface area contributed by atoms with Gasteiger partial charge in [-0.15, -0.1) is 0 Å². The van der Waals surface area contributed by atoms with E-state index in [-0.39, 0.29) is 6.03 Å². The summed E-state index contributed by atoms with van der Waals surface area (Å²) in [6, 6.07) is -0.962. The van der Waals surface area contributed by atoms with Crippen molar-refractivity contribution >= 4 is 12.0 Å². The van der Waals surface area contributed by atoms with Gasteiger partial charge in [0.15, 0.2) is 0 Å². The highest BCUT2D eigenvalue weighted by atomic mass is 16.4. The Labute approximate surface area is 88.4 Å². The van der Waals surface area contributed by atoms with Crippen LogP contribution >= 0.6 is 0 Å². The molecule has 0 aromatic heterocycles. The molecule has 0 saturated carbocycles. The summed E-state index contributed by atoms with van der Waals surface area (Å²) < 4.78 is 0. The third kappa shape index (κ3) is 3.09. The number of aliphatic carboxylic acids is 1. The Morgan fingerprint density at radius 2 is 2.27 bits per heavy atom. The standard InChI is InChI=1S/C9H17N3O3/c10-4-2-5-11-9(15)12-6-1-3-7(12)8(13)14/h7H,1-6,10H2,(H,11,15)(H,13,14)/t7-/m1/s1. The molecule has 6 heteroatoms. The van der Waals surface area contributed by atoms with E-state index in [1.54, 1.807) is 0 Å². The fourth-order valence-corrected chi connectivity index (χ4v) is 1.67. The number of nitrogens with two attached hydrogens (primary N) is 1. The van der Waals surface area contributed by atoms with Crippen LogP contribution in [0, 0.1) is 0 Å². The van der Waals surface area contributed by atoms with Gasteiger partial charge in [0, 0.05) is 13.1 Å². The number of likely N-dealkylation sites (tertiary alicyclic amines) is 1. The average Bonchev–Trinajstić information content (AvgIpc) is 2.66. The third-order valence-corrected chi connectivity index (χ3v) is 2.46. The van der Waals surface area contributed by atoms with Crippen LogP contribution in [0.3, 0.4) is 0 Å². The van der Waals surface area contributed by atoms with Gasteiger partial charge in [0.1, 0.15) is 6.04 Å². The van der Waals surface area contributed by atoms with Crippen LogP contribution in [0.1, 0.15) is 19.3 Å². The summed E-state index contributed by atoms with van der Waals surface area (Å²) in [4.78, 5) is 23.7. The Balaban J connectivity index is 2.40. The van der Waals surface area contributed by atoms with Crippen molar-refractivity contribution < 1.29 is 14.7 Å². The first kappa shape index (κ1) is 11.8. The topological polar surface area (TPSA) is 95.7 Å². The fraction of sp³-hybridized carbons (Fsp3) is 0.778. The highest BCUT2D eigenvalue weighted by Crippen LogP contribution is 2.16. The summed E-state index contributed by atoms with van der Waals surface area (Å²) >= 11 is 0. The van der Waals surface area contributed by atoms with Gasteiger partial charge in [-0.2, -0.15) is 0 Å². The molecule has 1 saturated heterocycles. The Kier molecular flexibility index (Phi) is 4.36. The zero-order valence-electron chi connectivity index (χ0n) is 8.61. The number of hydrogen-bond acceptors (Lipinski definition) is 3. The zero-order chi connectivity index (χ0) is 11.3. The molecule has 0 spiro atoms. The second-order valence-corrected chi connectivity index (χ2v) is 3.56. The highest BCUT2D eigenvalue weighted by molar-refractivity contribution is 5.83.